The van der Waals surface area contributed by atoms with E-state index in [9.17, 15) is 18.4 Å². The Morgan fingerprint density at radius 2 is 1.71 bits per heavy atom. The number of carbonyl (C=O) groups is 2. The summed E-state index contributed by atoms with van der Waals surface area (Å²) >= 11 is 0. The number of hydrogen-bond acceptors (Lipinski definition) is 4. The van der Waals surface area contributed by atoms with E-state index >= 15 is 0 Å². The van der Waals surface area contributed by atoms with Gasteiger partial charge in [0.25, 0.3) is 0 Å². The van der Waals surface area contributed by atoms with Crippen molar-refractivity contribution in [2.75, 3.05) is 51.1 Å². The summed E-state index contributed by atoms with van der Waals surface area (Å²) in [6.45, 7) is 6.65. The lowest BCUT2D eigenvalue weighted by Gasteiger charge is -2.38. The molecule has 1 atom stereocenters. The van der Waals surface area contributed by atoms with E-state index in [2.05, 4.69) is 10.2 Å². The van der Waals surface area contributed by atoms with Gasteiger partial charge in [0.1, 0.15) is 11.6 Å². The van der Waals surface area contributed by atoms with E-state index in [1.54, 1.807) is 6.92 Å². The number of anilines is 1. The average molecular weight is 394 g/mol. The molecule has 0 spiro atoms. The van der Waals surface area contributed by atoms with Crippen LogP contribution in [0.1, 0.15) is 26.2 Å². The zero-order chi connectivity index (χ0) is 20.1. The number of benzene rings is 1. The number of halogens is 2. The standard InChI is InChI=1S/C20H28F2N4O2/c1-15(20(28)23-18-6-5-16(21)13-17(18)22)25-11-9-24(10-12-25)14-19(27)26-7-3-2-4-8-26/h5-6,13,15H,2-4,7-12,14H2,1H3,(H,23,28)/t15-/m0/s1. The van der Waals surface area contributed by atoms with Gasteiger partial charge in [0.05, 0.1) is 18.3 Å². The fraction of sp³-hybridized carbons (Fsp3) is 0.600. The maximum absolute atomic E-state index is 13.7. The van der Waals surface area contributed by atoms with Crippen molar-refractivity contribution in [3.63, 3.8) is 0 Å². The van der Waals surface area contributed by atoms with Crippen LogP contribution < -0.4 is 5.32 Å². The molecule has 2 saturated heterocycles. The number of piperazine rings is 1. The van der Waals surface area contributed by atoms with E-state index in [1.165, 1.54) is 12.5 Å². The van der Waals surface area contributed by atoms with Gasteiger partial charge in [0.15, 0.2) is 0 Å². The second-order valence-corrected chi connectivity index (χ2v) is 7.54. The quantitative estimate of drug-likeness (QED) is 0.829. The van der Waals surface area contributed by atoms with Crippen molar-refractivity contribution in [2.24, 2.45) is 0 Å². The minimum Gasteiger partial charge on any atom is -0.342 e. The topological polar surface area (TPSA) is 55.9 Å². The van der Waals surface area contributed by atoms with Crippen LogP contribution in [0.4, 0.5) is 14.5 Å². The number of piperidine rings is 1. The summed E-state index contributed by atoms with van der Waals surface area (Å²) in [7, 11) is 0. The first-order valence-electron chi connectivity index (χ1n) is 9.94. The molecule has 2 aliphatic rings. The Bertz CT molecular complexity index is 701. The predicted molar refractivity (Wildman–Crippen MR) is 103 cm³/mol. The third-order valence-corrected chi connectivity index (χ3v) is 5.59. The minimum absolute atomic E-state index is 0.0241. The molecular weight excluding hydrogens is 366 g/mol. The van der Waals surface area contributed by atoms with Gasteiger partial charge in [-0.3, -0.25) is 19.4 Å². The van der Waals surface area contributed by atoms with Crippen LogP contribution in [-0.2, 0) is 9.59 Å². The van der Waals surface area contributed by atoms with Crippen LogP contribution >= 0.6 is 0 Å². The van der Waals surface area contributed by atoms with E-state index in [-0.39, 0.29) is 17.5 Å². The van der Waals surface area contributed by atoms with Gasteiger partial charge in [0, 0.05) is 45.3 Å². The van der Waals surface area contributed by atoms with Gasteiger partial charge in [-0.15, -0.1) is 0 Å². The van der Waals surface area contributed by atoms with Crippen LogP contribution in [0.3, 0.4) is 0 Å². The Labute approximate surface area is 164 Å². The number of hydrogen-bond donors (Lipinski definition) is 1. The summed E-state index contributed by atoms with van der Waals surface area (Å²) < 4.78 is 26.7. The van der Waals surface area contributed by atoms with Crippen LogP contribution in [0.5, 0.6) is 0 Å². The second-order valence-electron chi connectivity index (χ2n) is 7.54. The summed E-state index contributed by atoms with van der Waals surface area (Å²) in [5.74, 6) is -1.62. The number of amides is 2. The third kappa shape index (κ3) is 5.26. The lowest BCUT2D eigenvalue weighted by molar-refractivity contribution is -0.134. The van der Waals surface area contributed by atoms with E-state index in [0.717, 1.165) is 38.1 Å². The summed E-state index contributed by atoms with van der Waals surface area (Å²) in [5, 5.41) is 2.52. The molecule has 2 fully saturated rings. The summed E-state index contributed by atoms with van der Waals surface area (Å²) in [5.41, 5.74) is -0.0241. The van der Waals surface area contributed by atoms with Gasteiger partial charge in [-0.2, -0.15) is 0 Å². The van der Waals surface area contributed by atoms with Crippen LogP contribution in [0.25, 0.3) is 0 Å². The largest absolute Gasteiger partial charge is 0.342 e. The highest BCUT2D eigenvalue weighted by Gasteiger charge is 2.28. The molecule has 0 aromatic heterocycles. The Morgan fingerprint density at radius 1 is 1.04 bits per heavy atom. The van der Waals surface area contributed by atoms with Gasteiger partial charge in [0.2, 0.25) is 11.8 Å². The van der Waals surface area contributed by atoms with Crippen LogP contribution in [0, 0.1) is 11.6 Å². The molecule has 28 heavy (non-hydrogen) atoms. The summed E-state index contributed by atoms with van der Waals surface area (Å²) in [6.07, 6.45) is 3.37. The van der Waals surface area contributed by atoms with Gasteiger partial charge in [-0.05, 0) is 38.3 Å². The van der Waals surface area contributed by atoms with Gasteiger partial charge in [-0.25, -0.2) is 8.78 Å². The summed E-state index contributed by atoms with van der Waals surface area (Å²) in [4.78, 5) is 30.9. The number of nitrogens with zero attached hydrogens (tertiary/aromatic N) is 3. The van der Waals surface area contributed by atoms with Crippen molar-refractivity contribution in [3.05, 3.63) is 29.8 Å². The zero-order valence-electron chi connectivity index (χ0n) is 16.3. The van der Waals surface area contributed by atoms with Gasteiger partial charge >= 0.3 is 0 Å². The van der Waals surface area contributed by atoms with Crippen molar-refractivity contribution in [1.29, 1.82) is 0 Å². The molecule has 2 aliphatic heterocycles. The van der Waals surface area contributed by atoms with E-state index in [0.29, 0.717) is 32.7 Å². The molecule has 6 nitrogen and oxygen atoms in total. The maximum Gasteiger partial charge on any atom is 0.241 e. The smallest absolute Gasteiger partial charge is 0.241 e. The molecule has 0 unspecified atom stereocenters. The zero-order valence-corrected chi connectivity index (χ0v) is 16.3. The summed E-state index contributed by atoms with van der Waals surface area (Å²) in [6, 6.07) is 2.64. The molecular formula is C20H28F2N4O2. The normalized spacial score (nSPS) is 20.0. The van der Waals surface area contributed by atoms with Crippen molar-refractivity contribution in [1.82, 2.24) is 14.7 Å². The first kappa shape index (κ1) is 20.7. The van der Waals surface area contributed by atoms with Crippen molar-refractivity contribution in [2.45, 2.75) is 32.2 Å². The van der Waals surface area contributed by atoms with Crippen LogP contribution in [0.2, 0.25) is 0 Å². The molecule has 2 heterocycles. The third-order valence-electron chi connectivity index (χ3n) is 5.59. The molecule has 3 rings (SSSR count). The molecule has 154 valence electrons. The molecule has 0 bridgehead atoms. The highest BCUT2D eigenvalue weighted by atomic mass is 19.1. The minimum atomic E-state index is -0.790. The van der Waals surface area contributed by atoms with Gasteiger partial charge < -0.3 is 10.2 Å². The van der Waals surface area contributed by atoms with Gasteiger partial charge in [-0.1, -0.05) is 0 Å². The Balaban J connectivity index is 1.45. The predicted octanol–water partition coefficient (Wildman–Crippen LogP) is 1.92. The maximum atomic E-state index is 13.7. The monoisotopic (exact) mass is 394 g/mol. The molecule has 1 aromatic carbocycles. The molecule has 0 saturated carbocycles. The van der Waals surface area contributed by atoms with Crippen molar-refractivity contribution in [3.8, 4) is 0 Å². The number of nitrogens with one attached hydrogen (secondary N) is 1. The Kier molecular flexibility index (Phi) is 6.96. The van der Waals surface area contributed by atoms with Crippen LogP contribution in [0.15, 0.2) is 18.2 Å². The molecule has 8 heteroatoms. The molecule has 0 aliphatic carbocycles. The van der Waals surface area contributed by atoms with E-state index < -0.39 is 17.7 Å². The first-order valence-corrected chi connectivity index (χ1v) is 9.94. The van der Waals surface area contributed by atoms with Crippen molar-refractivity contribution >= 4 is 17.5 Å². The SMILES string of the molecule is C[C@@H](C(=O)Nc1ccc(F)cc1F)N1CCN(CC(=O)N2CCCCC2)CC1. The van der Waals surface area contributed by atoms with Crippen molar-refractivity contribution < 1.29 is 18.4 Å². The average Bonchev–Trinajstić information content (AvgIpc) is 2.70. The highest BCUT2D eigenvalue weighted by molar-refractivity contribution is 5.94. The second kappa shape index (κ2) is 9.43. The van der Waals surface area contributed by atoms with E-state index in [1.807, 2.05) is 9.80 Å². The molecule has 2 amide bonds. The fourth-order valence-electron chi connectivity index (χ4n) is 3.74. The Morgan fingerprint density at radius 3 is 2.36 bits per heavy atom. The molecule has 1 N–H and O–H groups in total. The highest BCUT2D eigenvalue weighted by Crippen LogP contribution is 2.17. The molecule has 1 aromatic rings. The fourth-order valence-corrected chi connectivity index (χ4v) is 3.74. The Hall–Kier alpha value is -2.06. The first-order chi connectivity index (χ1) is 13.4. The number of rotatable bonds is 5. The number of likely N-dealkylation sites (tertiary alicyclic amines) is 1. The number of carbonyl (C=O) groups excluding carboxylic acids is 2. The van der Waals surface area contributed by atoms with E-state index in [4.69, 9.17) is 0 Å². The lowest BCUT2D eigenvalue weighted by atomic mass is 10.1. The van der Waals surface area contributed by atoms with Crippen LogP contribution in [-0.4, -0.2) is 78.4 Å². The lowest BCUT2D eigenvalue weighted by Crippen LogP contribution is -2.54. The molecule has 0 radical (unpaired) electrons.